The predicted molar refractivity (Wildman–Crippen MR) is 116 cm³/mol. The Bertz CT molecular complexity index is 778. The minimum Gasteiger partial charge on any atom is -0.341 e. The number of anilines is 1. The molecule has 0 aliphatic rings. The molecule has 0 heterocycles. The third-order valence-electron chi connectivity index (χ3n) is 4.58. The number of carbonyl (C=O) groups is 3. The van der Waals surface area contributed by atoms with Gasteiger partial charge in [0.15, 0.2) is 0 Å². The molecule has 0 unspecified atom stereocenters. The van der Waals surface area contributed by atoms with Crippen LogP contribution >= 0.6 is 0 Å². The molecule has 2 aromatic carbocycles. The zero-order chi connectivity index (χ0) is 21.4. The number of unbranched alkanes of at least 4 members (excludes halogenated alkanes) is 3. The Morgan fingerprint density at radius 3 is 1.93 bits per heavy atom. The Hall–Kier alpha value is -3.15. The first-order valence-electron chi connectivity index (χ1n) is 10.5. The van der Waals surface area contributed by atoms with Crippen LogP contribution in [0.15, 0.2) is 60.7 Å². The van der Waals surface area contributed by atoms with Crippen molar-refractivity contribution >= 4 is 23.5 Å². The van der Waals surface area contributed by atoms with Crippen molar-refractivity contribution in [3.63, 3.8) is 0 Å². The zero-order valence-electron chi connectivity index (χ0n) is 17.3. The molecule has 0 aromatic heterocycles. The summed E-state index contributed by atoms with van der Waals surface area (Å²) in [7, 11) is 0. The molecule has 2 aromatic rings. The van der Waals surface area contributed by atoms with Crippen molar-refractivity contribution in [2.24, 2.45) is 0 Å². The number of nitrogens with one attached hydrogen (secondary N) is 2. The molecule has 6 heteroatoms. The molecule has 0 bridgehead atoms. The van der Waals surface area contributed by atoms with Crippen LogP contribution in [0.3, 0.4) is 0 Å². The SMILES string of the molecule is O=C(CCCCCCC(=O)Nc1ccccc1)NOC(=O)CCCc1ccccc1. The summed E-state index contributed by atoms with van der Waals surface area (Å²) in [5, 5.41) is 2.85. The molecular weight excluding hydrogens is 380 g/mol. The van der Waals surface area contributed by atoms with Crippen molar-refractivity contribution < 1.29 is 19.2 Å². The van der Waals surface area contributed by atoms with E-state index >= 15 is 0 Å². The van der Waals surface area contributed by atoms with Crippen molar-refractivity contribution in [1.29, 1.82) is 0 Å². The van der Waals surface area contributed by atoms with Crippen LogP contribution in [0.5, 0.6) is 0 Å². The summed E-state index contributed by atoms with van der Waals surface area (Å²) in [5.74, 6) is -0.727. The molecule has 0 radical (unpaired) electrons. The van der Waals surface area contributed by atoms with Crippen LogP contribution in [0.4, 0.5) is 5.69 Å². The van der Waals surface area contributed by atoms with E-state index in [0.717, 1.165) is 31.4 Å². The summed E-state index contributed by atoms with van der Waals surface area (Å²) in [4.78, 5) is 40.1. The van der Waals surface area contributed by atoms with E-state index in [1.807, 2.05) is 60.7 Å². The van der Waals surface area contributed by atoms with Crippen molar-refractivity contribution in [1.82, 2.24) is 5.48 Å². The van der Waals surface area contributed by atoms with E-state index in [0.29, 0.717) is 25.7 Å². The van der Waals surface area contributed by atoms with Gasteiger partial charge in [-0.25, -0.2) is 4.79 Å². The highest BCUT2D eigenvalue weighted by atomic mass is 16.7. The highest BCUT2D eigenvalue weighted by molar-refractivity contribution is 5.90. The van der Waals surface area contributed by atoms with Crippen LogP contribution in [0, 0.1) is 0 Å². The van der Waals surface area contributed by atoms with Crippen LogP contribution in [0.1, 0.15) is 56.9 Å². The predicted octanol–water partition coefficient (Wildman–Crippen LogP) is 4.56. The van der Waals surface area contributed by atoms with Crippen molar-refractivity contribution in [2.75, 3.05) is 5.32 Å². The fraction of sp³-hybridized carbons (Fsp3) is 0.375. The highest BCUT2D eigenvalue weighted by Crippen LogP contribution is 2.09. The molecule has 0 spiro atoms. The van der Waals surface area contributed by atoms with Crippen molar-refractivity contribution in [2.45, 2.75) is 57.8 Å². The van der Waals surface area contributed by atoms with E-state index in [1.165, 1.54) is 5.56 Å². The maximum Gasteiger partial charge on any atom is 0.332 e. The Balaban J connectivity index is 1.43. The molecule has 0 saturated heterocycles. The second kappa shape index (κ2) is 13.9. The number of amides is 2. The van der Waals surface area contributed by atoms with Gasteiger partial charge < -0.3 is 10.2 Å². The van der Waals surface area contributed by atoms with Crippen molar-refractivity contribution in [3.05, 3.63) is 66.2 Å². The molecular formula is C24H30N2O4. The highest BCUT2D eigenvalue weighted by Gasteiger charge is 2.07. The number of para-hydroxylation sites is 1. The second-order valence-electron chi connectivity index (χ2n) is 7.17. The van der Waals surface area contributed by atoms with E-state index in [2.05, 4.69) is 10.8 Å². The molecule has 0 fully saturated rings. The normalized spacial score (nSPS) is 10.3. The van der Waals surface area contributed by atoms with Crippen LogP contribution in [0.25, 0.3) is 0 Å². The van der Waals surface area contributed by atoms with E-state index in [4.69, 9.17) is 4.84 Å². The molecule has 0 atom stereocenters. The lowest BCUT2D eigenvalue weighted by Gasteiger charge is -2.06. The number of hydrogen-bond acceptors (Lipinski definition) is 4. The van der Waals surface area contributed by atoms with Crippen LogP contribution in [-0.2, 0) is 25.6 Å². The van der Waals surface area contributed by atoms with Gasteiger partial charge in [-0.15, -0.1) is 0 Å². The summed E-state index contributed by atoms with van der Waals surface area (Å²) in [5.41, 5.74) is 4.19. The first-order chi connectivity index (χ1) is 14.6. The Kier molecular flexibility index (Phi) is 10.7. The number of rotatable bonds is 12. The van der Waals surface area contributed by atoms with Crippen molar-refractivity contribution in [3.8, 4) is 0 Å². The monoisotopic (exact) mass is 410 g/mol. The summed E-state index contributed by atoms with van der Waals surface area (Å²) < 4.78 is 0. The van der Waals surface area contributed by atoms with Gasteiger partial charge in [0.05, 0.1) is 0 Å². The first kappa shape index (κ1) is 23.1. The molecule has 0 aliphatic heterocycles. The van der Waals surface area contributed by atoms with Gasteiger partial charge in [0, 0.05) is 24.9 Å². The standard InChI is InChI=1S/C24H30N2O4/c27-22(25-21-15-7-4-8-16-21)17-9-1-2-10-18-23(28)26-30-24(29)19-11-14-20-12-5-3-6-13-20/h3-8,12-13,15-16H,1-2,9-11,14,17-19H2,(H,25,27)(H,26,28). The lowest BCUT2D eigenvalue weighted by Crippen LogP contribution is -2.26. The fourth-order valence-corrected chi connectivity index (χ4v) is 2.97. The third kappa shape index (κ3) is 10.4. The largest absolute Gasteiger partial charge is 0.341 e. The topological polar surface area (TPSA) is 84.5 Å². The molecule has 160 valence electrons. The van der Waals surface area contributed by atoms with Crippen LogP contribution < -0.4 is 10.8 Å². The first-order valence-corrected chi connectivity index (χ1v) is 10.5. The summed E-state index contributed by atoms with van der Waals surface area (Å²) >= 11 is 0. The lowest BCUT2D eigenvalue weighted by atomic mass is 10.1. The van der Waals surface area contributed by atoms with E-state index in [9.17, 15) is 14.4 Å². The minimum atomic E-state index is -0.427. The quantitative estimate of drug-likeness (QED) is 0.397. The number of hydrogen-bond donors (Lipinski definition) is 2. The van der Waals surface area contributed by atoms with Gasteiger partial charge in [-0.2, -0.15) is 5.48 Å². The van der Waals surface area contributed by atoms with Gasteiger partial charge in [0.1, 0.15) is 0 Å². The van der Waals surface area contributed by atoms with Gasteiger partial charge in [-0.3, -0.25) is 9.59 Å². The van der Waals surface area contributed by atoms with Gasteiger partial charge in [-0.1, -0.05) is 61.4 Å². The molecule has 2 amide bonds. The molecule has 2 rings (SSSR count). The Morgan fingerprint density at radius 2 is 1.27 bits per heavy atom. The maximum atomic E-state index is 11.8. The fourth-order valence-electron chi connectivity index (χ4n) is 2.97. The molecule has 0 saturated carbocycles. The summed E-state index contributed by atoms with van der Waals surface area (Å²) in [6.45, 7) is 0. The summed E-state index contributed by atoms with van der Waals surface area (Å²) in [6.07, 6.45) is 5.68. The number of carbonyl (C=O) groups excluding carboxylic acids is 3. The average molecular weight is 411 g/mol. The minimum absolute atomic E-state index is 0.00174. The van der Waals surface area contributed by atoms with E-state index in [1.54, 1.807) is 0 Å². The van der Waals surface area contributed by atoms with Gasteiger partial charge in [0.2, 0.25) is 5.91 Å². The van der Waals surface area contributed by atoms with Crippen LogP contribution in [-0.4, -0.2) is 17.8 Å². The molecule has 0 aliphatic carbocycles. The van der Waals surface area contributed by atoms with E-state index in [-0.39, 0.29) is 18.2 Å². The van der Waals surface area contributed by atoms with Gasteiger partial charge in [-0.05, 0) is 43.4 Å². The third-order valence-corrected chi connectivity index (χ3v) is 4.58. The maximum absolute atomic E-state index is 11.8. The Labute approximate surface area is 178 Å². The number of aryl methyl sites for hydroxylation is 1. The number of hydroxylamine groups is 1. The van der Waals surface area contributed by atoms with Gasteiger partial charge >= 0.3 is 5.97 Å². The molecule has 30 heavy (non-hydrogen) atoms. The molecule has 2 N–H and O–H groups in total. The Morgan fingerprint density at radius 1 is 0.667 bits per heavy atom. The summed E-state index contributed by atoms with van der Waals surface area (Å²) in [6, 6.07) is 19.3. The van der Waals surface area contributed by atoms with Crippen LogP contribution in [0.2, 0.25) is 0 Å². The smallest absolute Gasteiger partial charge is 0.332 e. The van der Waals surface area contributed by atoms with Gasteiger partial charge in [0.25, 0.3) is 5.91 Å². The zero-order valence-corrected chi connectivity index (χ0v) is 17.3. The molecule has 6 nitrogen and oxygen atoms in total. The van der Waals surface area contributed by atoms with E-state index < -0.39 is 5.97 Å². The number of benzene rings is 2. The second-order valence-corrected chi connectivity index (χ2v) is 7.17. The average Bonchev–Trinajstić information content (AvgIpc) is 2.76. The lowest BCUT2D eigenvalue weighted by molar-refractivity contribution is -0.158.